The number of aromatic nitrogens is 2. The highest BCUT2D eigenvalue weighted by Crippen LogP contribution is 2.37. The van der Waals surface area contributed by atoms with E-state index in [-0.39, 0.29) is 11.5 Å². The summed E-state index contributed by atoms with van der Waals surface area (Å²) in [5.41, 5.74) is 7.08. The maximum Gasteiger partial charge on any atom is 0.405 e. The average molecular weight is 287 g/mol. The van der Waals surface area contributed by atoms with Crippen molar-refractivity contribution in [1.82, 2.24) is 9.55 Å². The molecule has 2 aromatic rings. The summed E-state index contributed by atoms with van der Waals surface area (Å²) in [5.74, 6) is 0.0972. The number of carbonyl (C=O) groups excluding carboxylic acids is 1. The first kappa shape index (κ1) is 13.6. The zero-order valence-corrected chi connectivity index (χ0v) is 12.0. The number of primary amides is 1. The van der Waals surface area contributed by atoms with Crippen molar-refractivity contribution in [3.8, 4) is 0 Å². The van der Waals surface area contributed by atoms with Crippen molar-refractivity contribution in [2.24, 2.45) is 5.73 Å². The van der Waals surface area contributed by atoms with Gasteiger partial charge in [0, 0.05) is 12.5 Å². The molecule has 0 saturated carbocycles. The molecule has 0 aliphatic carbocycles. The lowest BCUT2D eigenvalue weighted by Gasteiger charge is -2.27. The van der Waals surface area contributed by atoms with E-state index in [2.05, 4.69) is 4.98 Å². The molecule has 0 fully saturated rings. The number of amides is 1. The van der Waals surface area contributed by atoms with Gasteiger partial charge in [0.05, 0.1) is 17.2 Å². The molecule has 1 aromatic carbocycles. The third-order valence-corrected chi connectivity index (χ3v) is 3.85. The Labute approximate surface area is 121 Å². The van der Waals surface area contributed by atoms with Gasteiger partial charge >= 0.3 is 6.09 Å². The van der Waals surface area contributed by atoms with Crippen LogP contribution in [0.2, 0.25) is 0 Å². The van der Waals surface area contributed by atoms with Crippen LogP contribution in [0.3, 0.4) is 0 Å². The number of ether oxygens (including phenoxy) is 1. The minimum Gasteiger partial charge on any atom is -0.444 e. The van der Waals surface area contributed by atoms with E-state index in [0.717, 1.165) is 16.6 Å². The van der Waals surface area contributed by atoms with Crippen LogP contribution in [0.1, 0.15) is 31.7 Å². The number of benzene rings is 1. The summed E-state index contributed by atoms with van der Waals surface area (Å²) < 4.78 is 6.90. The molecule has 0 bridgehead atoms. The van der Waals surface area contributed by atoms with Crippen molar-refractivity contribution >= 4 is 17.1 Å². The standard InChI is InChI=1S/C15H17N3O3/c1-15(2,21-14(16)20)6-9-8-18-12(19)7-17-11-5-3-4-10(9)13(11)18/h3-5,7,9H,6,8H2,1-2H3,(H2,16,20)/t9-/m1/s1. The van der Waals surface area contributed by atoms with Crippen molar-refractivity contribution < 1.29 is 9.53 Å². The molecule has 0 unspecified atom stereocenters. The smallest absolute Gasteiger partial charge is 0.405 e. The highest BCUT2D eigenvalue weighted by Gasteiger charge is 2.32. The molecule has 1 aliphatic rings. The SMILES string of the molecule is CC(C)(C[C@@H]1Cn2c(=O)cnc3cccc1c32)OC(N)=O. The second kappa shape index (κ2) is 4.58. The normalized spacial score (nSPS) is 17.1. The average Bonchev–Trinajstić information content (AvgIpc) is 2.73. The van der Waals surface area contributed by atoms with Crippen LogP contribution in [0.5, 0.6) is 0 Å². The third kappa shape index (κ3) is 2.37. The minimum atomic E-state index is -0.785. The molecular weight excluding hydrogens is 270 g/mol. The van der Waals surface area contributed by atoms with Gasteiger partial charge in [-0.2, -0.15) is 0 Å². The van der Waals surface area contributed by atoms with Gasteiger partial charge in [-0.05, 0) is 31.9 Å². The molecule has 2 N–H and O–H groups in total. The first-order valence-corrected chi connectivity index (χ1v) is 6.84. The van der Waals surface area contributed by atoms with Gasteiger partial charge in [0.15, 0.2) is 0 Å². The van der Waals surface area contributed by atoms with E-state index in [1.807, 2.05) is 32.0 Å². The Bertz CT molecular complexity index is 779. The van der Waals surface area contributed by atoms with E-state index in [0.29, 0.717) is 13.0 Å². The van der Waals surface area contributed by atoms with E-state index in [1.54, 1.807) is 4.57 Å². The maximum absolute atomic E-state index is 12.0. The van der Waals surface area contributed by atoms with Crippen LogP contribution in [-0.4, -0.2) is 21.2 Å². The van der Waals surface area contributed by atoms with Gasteiger partial charge in [-0.25, -0.2) is 9.78 Å². The van der Waals surface area contributed by atoms with Gasteiger partial charge in [-0.15, -0.1) is 0 Å². The van der Waals surface area contributed by atoms with E-state index in [9.17, 15) is 9.59 Å². The number of hydrogen-bond acceptors (Lipinski definition) is 4. The molecule has 110 valence electrons. The van der Waals surface area contributed by atoms with Crippen molar-refractivity contribution in [2.75, 3.05) is 0 Å². The maximum atomic E-state index is 12.0. The number of nitrogens with two attached hydrogens (primary N) is 1. The molecule has 1 aliphatic heterocycles. The fraction of sp³-hybridized carbons (Fsp3) is 0.400. The van der Waals surface area contributed by atoms with Crippen LogP contribution in [0.25, 0.3) is 11.0 Å². The van der Waals surface area contributed by atoms with Crippen LogP contribution < -0.4 is 11.3 Å². The van der Waals surface area contributed by atoms with Crippen LogP contribution in [0, 0.1) is 0 Å². The number of hydrogen-bond donors (Lipinski definition) is 1. The summed E-state index contributed by atoms with van der Waals surface area (Å²) in [6.07, 6.45) is 1.16. The quantitative estimate of drug-likeness (QED) is 0.931. The van der Waals surface area contributed by atoms with Gasteiger partial charge < -0.3 is 15.0 Å². The molecular formula is C15H17N3O3. The predicted molar refractivity (Wildman–Crippen MR) is 78.1 cm³/mol. The number of rotatable bonds is 3. The van der Waals surface area contributed by atoms with Gasteiger partial charge in [0.1, 0.15) is 5.60 Å². The van der Waals surface area contributed by atoms with Gasteiger partial charge in [0.2, 0.25) is 0 Å². The summed E-state index contributed by atoms with van der Waals surface area (Å²) in [7, 11) is 0. The van der Waals surface area contributed by atoms with Crippen molar-refractivity contribution in [3.63, 3.8) is 0 Å². The Hall–Kier alpha value is -2.37. The van der Waals surface area contributed by atoms with Crippen molar-refractivity contribution in [3.05, 3.63) is 40.3 Å². The lowest BCUT2D eigenvalue weighted by molar-refractivity contribution is 0.0331. The zero-order valence-electron chi connectivity index (χ0n) is 12.0. The van der Waals surface area contributed by atoms with Crippen LogP contribution in [0.15, 0.2) is 29.2 Å². The second-order valence-corrected chi connectivity index (χ2v) is 6.00. The van der Waals surface area contributed by atoms with Crippen molar-refractivity contribution in [2.45, 2.75) is 38.3 Å². The van der Waals surface area contributed by atoms with E-state index >= 15 is 0 Å². The fourth-order valence-corrected chi connectivity index (χ4v) is 3.16. The molecule has 1 amide bonds. The van der Waals surface area contributed by atoms with Gasteiger partial charge in [0.25, 0.3) is 5.56 Å². The van der Waals surface area contributed by atoms with Gasteiger partial charge in [-0.3, -0.25) is 4.79 Å². The lowest BCUT2D eigenvalue weighted by Crippen LogP contribution is -2.33. The largest absolute Gasteiger partial charge is 0.444 e. The first-order valence-electron chi connectivity index (χ1n) is 6.84. The summed E-state index contributed by atoms with van der Waals surface area (Å²) in [5, 5.41) is 0. The van der Waals surface area contributed by atoms with Crippen LogP contribution in [0.4, 0.5) is 4.79 Å². The fourth-order valence-electron chi connectivity index (χ4n) is 3.16. The monoisotopic (exact) mass is 287 g/mol. The molecule has 1 aromatic heterocycles. The predicted octanol–water partition coefficient (Wildman–Crippen LogP) is 1.76. The number of nitrogens with zero attached hydrogens (tertiary/aromatic N) is 2. The van der Waals surface area contributed by atoms with Gasteiger partial charge in [-0.1, -0.05) is 12.1 Å². The molecule has 0 saturated heterocycles. The van der Waals surface area contributed by atoms with Crippen LogP contribution >= 0.6 is 0 Å². The second-order valence-electron chi connectivity index (χ2n) is 6.00. The molecule has 1 atom stereocenters. The van der Waals surface area contributed by atoms with Crippen LogP contribution in [-0.2, 0) is 11.3 Å². The minimum absolute atomic E-state index is 0.0972. The topological polar surface area (TPSA) is 87.2 Å². The van der Waals surface area contributed by atoms with E-state index < -0.39 is 11.7 Å². The Morgan fingerprint density at radius 1 is 1.52 bits per heavy atom. The molecule has 3 rings (SSSR count). The summed E-state index contributed by atoms with van der Waals surface area (Å²) in [6.45, 7) is 4.21. The lowest BCUT2D eigenvalue weighted by atomic mass is 9.89. The van der Waals surface area contributed by atoms with E-state index in [4.69, 9.17) is 10.5 Å². The summed E-state index contributed by atoms with van der Waals surface area (Å²) in [4.78, 5) is 27.2. The molecule has 6 heteroatoms. The molecule has 0 radical (unpaired) electrons. The number of para-hydroxylation sites is 1. The third-order valence-electron chi connectivity index (χ3n) is 3.85. The molecule has 6 nitrogen and oxygen atoms in total. The zero-order chi connectivity index (χ0) is 15.2. The van der Waals surface area contributed by atoms with Crippen molar-refractivity contribution in [1.29, 1.82) is 0 Å². The first-order chi connectivity index (χ1) is 9.87. The van der Waals surface area contributed by atoms with E-state index in [1.165, 1.54) is 6.20 Å². The highest BCUT2D eigenvalue weighted by molar-refractivity contribution is 5.80. The molecule has 0 spiro atoms. The molecule has 21 heavy (non-hydrogen) atoms. The Morgan fingerprint density at radius 3 is 3.00 bits per heavy atom. The number of carbonyl (C=O) groups is 1. The molecule has 2 heterocycles. The summed E-state index contributed by atoms with van der Waals surface area (Å²) in [6, 6.07) is 5.82. The highest BCUT2D eigenvalue weighted by atomic mass is 16.6. The summed E-state index contributed by atoms with van der Waals surface area (Å²) >= 11 is 0. The Morgan fingerprint density at radius 2 is 2.29 bits per heavy atom. The Kier molecular flexibility index (Phi) is 2.97. The Balaban J connectivity index is 2.00.